The number of halogens is 1. The minimum absolute atomic E-state index is 0.175. The zero-order valence-electron chi connectivity index (χ0n) is 9.96. The van der Waals surface area contributed by atoms with Crippen LogP contribution in [-0.2, 0) is 0 Å². The molecule has 1 saturated heterocycles. The summed E-state index contributed by atoms with van der Waals surface area (Å²) in [4.78, 5) is 2.20. The lowest BCUT2D eigenvalue weighted by Crippen LogP contribution is -2.35. The number of rotatable bonds is 3. The monoisotopic (exact) mass is 222 g/mol. The average molecular weight is 222 g/mol. The van der Waals surface area contributed by atoms with E-state index in [0.29, 0.717) is 5.41 Å². The van der Waals surface area contributed by atoms with E-state index in [1.54, 1.807) is 0 Å². The maximum absolute atomic E-state index is 12.8. The van der Waals surface area contributed by atoms with Gasteiger partial charge in [-0.1, -0.05) is 6.92 Å². The molecule has 0 spiro atoms. The van der Waals surface area contributed by atoms with Gasteiger partial charge in [0.2, 0.25) is 0 Å². The predicted molar refractivity (Wildman–Crippen MR) is 65.3 cm³/mol. The second-order valence-corrected chi connectivity index (χ2v) is 5.07. The second-order valence-electron chi connectivity index (χ2n) is 5.07. The van der Waals surface area contributed by atoms with Gasteiger partial charge in [-0.2, -0.15) is 0 Å². The molecule has 1 aliphatic rings. The van der Waals surface area contributed by atoms with Crippen LogP contribution in [0.3, 0.4) is 0 Å². The van der Waals surface area contributed by atoms with Crippen molar-refractivity contribution in [3.63, 3.8) is 0 Å². The van der Waals surface area contributed by atoms with Gasteiger partial charge in [-0.05, 0) is 42.6 Å². The molecule has 1 aliphatic heterocycles. The van der Waals surface area contributed by atoms with Crippen molar-refractivity contribution in [3.05, 3.63) is 30.1 Å². The van der Waals surface area contributed by atoms with Crippen LogP contribution in [0.5, 0.6) is 0 Å². The largest absolute Gasteiger partial charge is 0.374 e. The van der Waals surface area contributed by atoms with Crippen molar-refractivity contribution in [2.24, 2.45) is 5.41 Å². The smallest absolute Gasteiger partial charge is 0.123 e. The molecule has 0 aromatic heterocycles. The third-order valence-electron chi connectivity index (χ3n) is 3.34. The number of benzene rings is 1. The van der Waals surface area contributed by atoms with Crippen molar-refractivity contribution in [1.82, 2.24) is 5.32 Å². The van der Waals surface area contributed by atoms with E-state index in [4.69, 9.17) is 0 Å². The van der Waals surface area contributed by atoms with Gasteiger partial charge in [0.1, 0.15) is 5.82 Å². The van der Waals surface area contributed by atoms with Crippen molar-refractivity contribution >= 4 is 5.69 Å². The molecule has 2 rings (SSSR count). The summed E-state index contributed by atoms with van der Waals surface area (Å²) in [5.74, 6) is -0.175. The molecule has 0 amide bonds. The lowest BCUT2D eigenvalue weighted by molar-refractivity contribution is 0.371. The van der Waals surface area contributed by atoms with E-state index in [9.17, 15) is 4.39 Å². The summed E-state index contributed by atoms with van der Waals surface area (Å²) >= 11 is 0. The summed E-state index contributed by atoms with van der Waals surface area (Å²) in [6, 6.07) is 6.70. The van der Waals surface area contributed by atoms with Crippen LogP contribution >= 0.6 is 0 Å². The van der Waals surface area contributed by atoms with Crippen LogP contribution in [-0.4, -0.2) is 26.7 Å². The molecule has 0 saturated carbocycles. The first kappa shape index (κ1) is 11.4. The van der Waals surface area contributed by atoms with Crippen molar-refractivity contribution in [3.8, 4) is 0 Å². The Bertz CT molecular complexity index is 341. The fraction of sp³-hybridized carbons (Fsp3) is 0.538. The Balaban J connectivity index is 2.02. The lowest BCUT2D eigenvalue weighted by atomic mass is 9.89. The Kier molecular flexibility index (Phi) is 3.15. The van der Waals surface area contributed by atoms with E-state index in [-0.39, 0.29) is 5.82 Å². The molecular formula is C13H19FN2. The standard InChI is InChI=1S/C13H19FN2/c1-13(7-8-15-9-13)10-16(2)12-5-3-11(14)4-6-12/h3-6,15H,7-10H2,1-2H3. The van der Waals surface area contributed by atoms with E-state index < -0.39 is 0 Å². The van der Waals surface area contributed by atoms with Gasteiger partial charge in [-0.25, -0.2) is 4.39 Å². The highest BCUT2D eigenvalue weighted by Crippen LogP contribution is 2.27. The first-order valence-electron chi connectivity index (χ1n) is 5.77. The van der Waals surface area contributed by atoms with Crippen LogP contribution < -0.4 is 10.2 Å². The summed E-state index contributed by atoms with van der Waals surface area (Å²) < 4.78 is 12.8. The minimum Gasteiger partial charge on any atom is -0.374 e. The Labute approximate surface area is 96.5 Å². The fourth-order valence-corrected chi connectivity index (χ4v) is 2.36. The molecule has 2 nitrogen and oxygen atoms in total. The van der Waals surface area contributed by atoms with Crippen molar-refractivity contribution in [2.75, 3.05) is 31.6 Å². The Morgan fingerprint density at radius 2 is 2.06 bits per heavy atom. The van der Waals surface area contributed by atoms with Gasteiger partial charge in [-0.3, -0.25) is 0 Å². The SMILES string of the molecule is CN(CC1(C)CCNC1)c1ccc(F)cc1. The molecule has 1 fully saturated rings. The average Bonchev–Trinajstić information content (AvgIpc) is 2.65. The van der Waals surface area contributed by atoms with E-state index >= 15 is 0 Å². The molecule has 1 N–H and O–H groups in total. The van der Waals surface area contributed by atoms with Gasteiger partial charge >= 0.3 is 0 Å². The van der Waals surface area contributed by atoms with Crippen LogP contribution in [0.25, 0.3) is 0 Å². The number of hydrogen-bond acceptors (Lipinski definition) is 2. The van der Waals surface area contributed by atoms with Crippen LogP contribution in [0.4, 0.5) is 10.1 Å². The second kappa shape index (κ2) is 4.42. The third kappa shape index (κ3) is 2.53. The number of hydrogen-bond donors (Lipinski definition) is 1. The number of nitrogens with one attached hydrogen (secondary N) is 1. The van der Waals surface area contributed by atoms with E-state index in [0.717, 1.165) is 25.3 Å². The van der Waals surface area contributed by atoms with Gasteiger partial charge in [-0.15, -0.1) is 0 Å². The molecule has 0 aliphatic carbocycles. The van der Waals surface area contributed by atoms with Gasteiger partial charge in [0, 0.05) is 25.8 Å². The fourth-order valence-electron chi connectivity index (χ4n) is 2.36. The quantitative estimate of drug-likeness (QED) is 0.844. The van der Waals surface area contributed by atoms with Crippen molar-refractivity contribution < 1.29 is 4.39 Å². The van der Waals surface area contributed by atoms with Gasteiger partial charge in [0.25, 0.3) is 0 Å². The molecule has 3 heteroatoms. The molecule has 16 heavy (non-hydrogen) atoms. The highest BCUT2D eigenvalue weighted by atomic mass is 19.1. The number of nitrogens with zero attached hydrogens (tertiary/aromatic N) is 1. The minimum atomic E-state index is -0.175. The summed E-state index contributed by atoms with van der Waals surface area (Å²) in [7, 11) is 2.07. The highest BCUT2D eigenvalue weighted by Gasteiger charge is 2.29. The highest BCUT2D eigenvalue weighted by molar-refractivity contribution is 5.45. The first-order valence-corrected chi connectivity index (χ1v) is 5.77. The van der Waals surface area contributed by atoms with E-state index in [1.165, 1.54) is 18.6 Å². The maximum Gasteiger partial charge on any atom is 0.123 e. The number of anilines is 1. The van der Waals surface area contributed by atoms with Gasteiger partial charge < -0.3 is 10.2 Å². The maximum atomic E-state index is 12.8. The zero-order chi connectivity index (χ0) is 11.6. The van der Waals surface area contributed by atoms with E-state index in [2.05, 4.69) is 24.2 Å². The molecule has 1 aromatic carbocycles. The summed E-state index contributed by atoms with van der Waals surface area (Å²) in [6.07, 6.45) is 1.21. The van der Waals surface area contributed by atoms with Gasteiger partial charge in [0.05, 0.1) is 0 Å². The first-order chi connectivity index (χ1) is 7.59. The molecule has 1 unspecified atom stereocenters. The topological polar surface area (TPSA) is 15.3 Å². The van der Waals surface area contributed by atoms with Crippen LogP contribution in [0.15, 0.2) is 24.3 Å². The molecule has 88 valence electrons. The van der Waals surface area contributed by atoms with Gasteiger partial charge in [0.15, 0.2) is 0 Å². The molecule has 0 radical (unpaired) electrons. The summed E-state index contributed by atoms with van der Waals surface area (Å²) in [5.41, 5.74) is 1.41. The van der Waals surface area contributed by atoms with Crippen molar-refractivity contribution in [1.29, 1.82) is 0 Å². The van der Waals surface area contributed by atoms with Crippen molar-refractivity contribution in [2.45, 2.75) is 13.3 Å². The zero-order valence-corrected chi connectivity index (χ0v) is 9.96. The Morgan fingerprint density at radius 3 is 2.62 bits per heavy atom. The molecule has 1 heterocycles. The van der Waals surface area contributed by atoms with Crippen LogP contribution in [0.1, 0.15) is 13.3 Å². The summed E-state index contributed by atoms with van der Waals surface area (Å²) in [6.45, 7) is 5.48. The molecule has 0 bridgehead atoms. The van der Waals surface area contributed by atoms with Crippen LogP contribution in [0.2, 0.25) is 0 Å². The molecule has 1 atom stereocenters. The lowest BCUT2D eigenvalue weighted by Gasteiger charge is -2.30. The predicted octanol–water partition coefficient (Wildman–Crippen LogP) is 2.26. The molecular weight excluding hydrogens is 203 g/mol. The Morgan fingerprint density at radius 1 is 1.38 bits per heavy atom. The van der Waals surface area contributed by atoms with E-state index in [1.807, 2.05) is 12.1 Å². The third-order valence-corrected chi connectivity index (χ3v) is 3.34. The van der Waals surface area contributed by atoms with Crippen LogP contribution in [0, 0.1) is 11.2 Å². The summed E-state index contributed by atoms with van der Waals surface area (Å²) in [5, 5.41) is 3.39. The Hall–Kier alpha value is -1.09. The normalized spacial score (nSPS) is 24.7. The molecule has 1 aromatic rings.